The van der Waals surface area contributed by atoms with Crippen LogP contribution in [0.4, 0.5) is 0 Å². The van der Waals surface area contributed by atoms with Gasteiger partial charge >= 0.3 is 0 Å². The number of hydrogen-bond acceptors (Lipinski definition) is 2. The van der Waals surface area contributed by atoms with Crippen LogP contribution in [0.25, 0.3) is 0 Å². The average molecular weight is 327 g/mol. The predicted octanol–water partition coefficient (Wildman–Crippen LogP) is 2.87. The van der Waals surface area contributed by atoms with Gasteiger partial charge in [0.15, 0.2) is 0 Å². The Morgan fingerprint density at radius 1 is 1.10 bits per heavy atom. The molecule has 0 amide bonds. The van der Waals surface area contributed by atoms with Crippen LogP contribution in [-0.4, -0.2) is 42.7 Å². The van der Waals surface area contributed by atoms with Crippen molar-refractivity contribution in [1.82, 2.24) is 0 Å². The van der Waals surface area contributed by atoms with Gasteiger partial charge in [-0.25, -0.2) is 0 Å². The molecule has 2 saturated heterocycles. The van der Waals surface area contributed by atoms with Gasteiger partial charge in [0.1, 0.15) is 0 Å². The quantitative estimate of drug-likeness (QED) is 0.552. The molecule has 0 N–H and O–H groups in total. The van der Waals surface area contributed by atoms with E-state index in [9.17, 15) is 0 Å². The third-order valence-corrected chi connectivity index (χ3v) is 11.1. The third-order valence-electron chi connectivity index (χ3n) is 5.55. The van der Waals surface area contributed by atoms with E-state index in [1.807, 2.05) is 0 Å². The van der Waals surface area contributed by atoms with Gasteiger partial charge in [0, 0.05) is 23.5 Å². The molecule has 21 heavy (non-hydrogen) atoms. The van der Waals surface area contributed by atoms with Crippen molar-refractivity contribution in [2.75, 3.05) is 13.2 Å². The Morgan fingerprint density at radius 3 is 2.38 bits per heavy atom. The molecule has 0 radical (unpaired) electrons. The zero-order valence-electron chi connectivity index (χ0n) is 14.3. The van der Waals surface area contributed by atoms with Crippen molar-refractivity contribution in [3.8, 4) is 0 Å². The van der Waals surface area contributed by atoms with Crippen LogP contribution >= 0.6 is 0 Å². The lowest BCUT2D eigenvalue weighted by Crippen LogP contribution is -2.67. The van der Waals surface area contributed by atoms with Gasteiger partial charge in [0.25, 0.3) is 0 Å². The second-order valence-corrected chi connectivity index (χ2v) is 11.6. The van der Waals surface area contributed by atoms with Crippen LogP contribution in [0.3, 0.4) is 0 Å². The second kappa shape index (κ2) is 8.09. The summed E-state index contributed by atoms with van der Waals surface area (Å²) in [4.78, 5) is 0. The molecule has 2 aliphatic rings. The van der Waals surface area contributed by atoms with Crippen LogP contribution in [0.1, 0.15) is 64.7 Å². The fourth-order valence-corrected chi connectivity index (χ4v) is 9.58. The van der Waals surface area contributed by atoms with Gasteiger partial charge in [-0.2, -0.15) is 0 Å². The van der Waals surface area contributed by atoms with Crippen molar-refractivity contribution in [3.05, 3.63) is 11.8 Å². The topological polar surface area (TPSA) is 18.5 Å². The van der Waals surface area contributed by atoms with Crippen molar-refractivity contribution >= 4 is 19.0 Å². The number of ether oxygens (including phenoxy) is 2. The van der Waals surface area contributed by atoms with Crippen LogP contribution < -0.4 is 0 Å². The molecule has 0 aromatic carbocycles. The van der Waals surface area contributed by atoms with Gasteiger partial charge < -0.3 is 9.47 Å². The minimum absolute atomic E-state index is 0.0839. The molecule has 2 aliphatic heterocycles. The molecular formula is C17H34O2Si2. The molecule has 0 aromatic rings. The summed E-state index contributed by atoms with van der Waals surface area (Å²) in [6.07, 6.45) is 13.9. The molecule has 0 spiro atoms. The van der Waals surface area contributed by atoms with E-state index in [0.29, 0.717) is 0 Å². The first-order valence-corrected chi connectivity index (χ1v) is 12.5. The van der Waals surface area contributed by atoms with Crippen molar-refractivity contribution in [2.24, 2.45) is 0 Å². The number of allylic oxidation sites excluding steroid dienone is 1. The molecule has 3 unspecified atom stereocenters. The summed E-state index contributed by atoms with van der Waals surface area (Å²) in [6, 6.07) is 0. The van der Waals surface area contributed by atoms with E-state index in [-0.39, 0.29) is 10.4 Å². The molecule has 0 saturated carbocycles. The Balaban J connectivity index is 2.13. The Kier molecular flexibility index (Phi) is 6.72. The lowest BCUT2D eigenvalue weighted by molar-refractivity contribution is -0.160. The zero-order chi connectivity index (χ0) is 15.2. The maximum Gasteiger partial charge on any atom is 0.0987 e. The van der Waals surface area contributed by atoms with E-state index in [1.165, 1.54) is 57.8 Å². The van der Waals surface area contributed by atoms with Gasteiger partial charge in [-0.3, -0.25) is 0 Å². The minimum atomic E-state index is -1.10. The van der Waals surface area contributed by atoms with E-state index >= 15 is 0 Å². The van der Waals surface area contributed by atoms with Gasteiger partial charge in [0.05, 0.1) is 19.2 Å². The molecule has 0 bridgehead atoms. The lowest BCUT2D eigenvalue weighted by atomic mass is 9.96. The summed E-state index contributed by atoms with van der Waals surface area (Å²) in [5.74, 6) is 0. The van der Waals surface area contributed by atoms with Gasteiger partial charge in [0.2, 0.25) is 0 Å². The van der Waals surface area contributed by atoms with Crippen molar-refractivity contribution in [2.45, 2.75) is 81.7 Å². The summed E-state index contributed by atoms with van der Waals surface area (Å²) in [5.41, 5.74) is 2.55. The Bertz CT molecular complexity index is 332. The molecule has 2 heterocycles. The highest BCUT2D eigenvalue weighted by Gasteiger charge is 2.54. The van der Waals surface area contributed by atoms with Crippen LogP contribution in [0, 0.1) is 0 Å². The van der Waals surface area contributed by atoms with Crippen molar-refractivity contribution in [3.63, 3.8) is 0 Å². The highest BCUT2D eigenvalue weighted by molar-refractivity contribution is 6.67. The van der Waals surface area contributed by atoms with E-state index in [1.54, 1.807) is 0 Å². The second-order valence-electron chi connectivity index (χ2n) is 7.09. The molecular weight excluding hydrogens is 292 g/mol. The summed E-state index contributed by atoms with van der Waals surface area (Å²) in [6.45, 7) is 6.66. The van der Waals surface area contributed by atoms with E-state index in [4.69, 9.17) is 9.47 Å². The predicted molar refractivity (Wildman–Crippen MR) is 96.7 cm³/mol. The molecule has 3 atom stereocenters. The Morgan fingerprint density at radius 2 is 1.81 bits per heavy atom. The molecule has 0 aromatic heterocycles. The highest BCUT2D eigenvalue weighted by Crippen LogP contribution is 2.43. The SMILES string of the molecule is CCCCC=C[SiH](C)C1(C2([SiH3])CCCCO2)CCCCO1. The summed E-state index contributed by atoms with van der Waals surface area (Å²) in [5, 5.41) is 0.174. The smallest absolute Gasteiger partial charge is 0.0987 e. The fourth-order valence-electron chi connectivity index (χ4n) is 4.12. The zero-order valence-corrected chi connectivity index (χ0v) is 17.5. The first-order valence-electron chi connectivity index (χ1n) is 9.09. The van der Waals surface area contributed by atoms with Gasteiger partial charge in [-0.05, 0) is 44.9 Å². The molecule has 2 rings (SSSR count). The maximum atomic E-state index is 6.55. The minimum Gasteiger partial charge on any atom is -0.377 e. The van der Waals surface area contributed by atoms with Crippen LogP contribution in [0.5, 0.6) is 0 Å². The molecule has 2 nitrogen and oxygen atoms in total. The fraction of sp³-hybridized carbons (Fsp3) is 0.882. The first-order chi connectivity index (χ1) is 10.1. The molecule has 122 valence electrons. The standard InChI is InChI=1S/C17H34O2Si2/c1-3-4-5-10-15-21(2)17(12-7-9-14-19-17)16(20)11-6-8-13-18-16/h10,15,21H,3-9,11-14H2,1-2,20H3. The number of hydrogen-bond donors (Lipinski definition) is 0. The van der Waals surface area contributed by atoms with Crippen LogP contribution in [-0.2, 0) is 9.47 Å². The number of rotatable bonds is 6. The average Bonchev–Trinajstić information content (AvgIpc) is 2.52. The molecule has 2 fully saturated rings. The Hall–Kier alpha value is 0.0938. The van der Waals surface area contributed by atoms with Crippen LogP contribution in [0.2, 0.25) is 6.55 Å². The first kappa shape index (κ1) is 17.4. The summed E-state index contributed by atoms with van der Waals surface area (Å²) >= 11 is 0. The number of unbranched alkanes of at least 4 members (excludes halogenated alkanes) is 2. The van der Waals surface area contributed by atoms with Gasteiger partial charge in [-0.15, -0.1) is 0 Å². The van der Waals surface area contributed by atoms with Gasteiger partial charge in [-0.1, -0.05) is 38.1 Å². The summed E-state index contributed by atoms with van der Waals surface area (Å²) < 4.78 is 12.9. The van der Waals surface area contributed by atoms with E-state index in [0.717, 1.165) is 23.5 Å². The monoisotopic (exact) mass is 326 g/mol. The lowest BCUT2D eigenvalue weighted by Gasteiger charge is -2.54. The highest BCUT2D eigenvalue weighted by atomic mass is 28.3. The molecule has 0 aliphatic carbocycles. The third kappa shape index (κ3) is 3.90. The molecule has 4 heteroatoms. The van der Waals surface area contributed by atoms with Crippen molar-refractivity contribution in [1.29, 1.82) is 0 Å². The Labute approximate surface area is 135 Å². The van der Waals surface area contributed by atoms with E-state index < -0.39 is 8.80 Å². The van der Waals surface area contributed by atoms with Crippen LogP contribution in [0.15, 0.2) is 11.8 Å². The normalized spacial score (nSPS) is 36.1. The maximum absolute atomic E-state index is 6.55. The summed E-state index contributed by atoms with van der Waals surface area (Å²) in [7, 11) is 0.0112. The van der Waals surface area contributed by atoms with E-state index in [2.05, 4.69) is 25.2 Å². The van der Waals surface area contributed by atoms with Crippen molar-refractivity contribution < 1.29 is 9.47 Å². The largest absolute Gasteiger partial charge is 0.377 e.